The maximum Gasteiger partial charge on any atom is 0.287 e. The number of hydrogen-bond donors (Lipinski definition) is 2. The summed E-state index contributed by atoms with van der Waals surface area (Å²) < 4.78 is 1.84. The molecule has 1 atom stereocenters. The molecule has 5 nitrogen and oxygen atoms in total. The molecule has 0 spiro atoms. The lowest BCUT2D eigenvalue weighted by Gasteiger charge is -2.16. The second-order valence-electron chi connectivity index (χ2n) is 6.20. The summed E-state index contributed by atoms with van der Waals surface area (Å²) >= 11 is 0. The molecule has 5 heteroatoms. The van der Waals surface area contributed by atoms with Crippen molar-refractivity contribution < 1.29 is 4.79 Å². The lowest BCUT2D eigenvalue weighted by Crippen LogP contribution is -2.34. The molecule has 3 aromatic rings. The van der Waals surface area contributed by atoms with E-state index >= 15 is 0 Å². The van der Waals surface area contributed by atoms with Crippen molar-refractivity contribution >= 4 is 16.9 Å². The average molecular weight is 336 g/mol. The van der Waals surface area contributed by atoms with Crippen LogP contribution in [0.15, 0.2) is 54.6 Å². The van der Waals surface area contributed by atoms with Crippen molar-refractivity contribution in [3.05, 3.63) is 66.0 Å². The molecule has 2 aromatic carbocycles. The molecule has 0 fully saturated rings. The van der Waals surface area contributed by atoms with Gasteiger partial charge in [-0.3, -0.25) is 4.79 Å². The van der Waals surface area contributed by atoms with Gasteiger partial charge in [0, 0.05) is 19.6 Å². The van der Waals surface area contributed by atoms with Crippen LogP contribution in [-0.4, -0.2) is 35.1 Å². The van der Waals surface area contributed by atoms with E-state index in [2.05, 4.69) is 39.9 Å². The summed E-state index contributed by atoms with van der Waals surface area (Å²) in [5, 5.41) is 6.31. The Balaban J connectivity index is 1.57. The number of carbonyl (C=O) groups is 1. The van der Waals surface area contributed by atoms with E-state index in [-0.39, 0.29) is 5.91 Å². The van der Waals surface area contributed by atoms with Crippen LogP contribution in [0.25, 0.3) is 11.0 Å². The van der Waals surface area contributed by atoms with E-state index in [0.717, 1.165) is 23.9 Å². The summed E-state index contributed by atoms with van der Waals surface area (Å²) in [7, 11) is 3.83. The number of benzene rings is 2. The number of imidazole rings is 1. The molecule has 0 radical (unpaired) electrons. The van der Waals surface area contributed by atoms with Gasteiger partial charge in [-0.2, -0.15) is 0 Å². The van der Waals surface area contributed by atoms with Crippen molar-refractivity contribution in [2.45, 2.75) is 18.9 Å². The van der Waals surface area contributed by atoms with E-state index in [1.54, 1.807) is 0 Å². The predicted molar refractivity (Wildman–Crippen MR) is 101 cm³/mol. The van der Waals surface area contributed by atoms with Crippen LogP contribution >= 0.6 is 0 Å². The van der Waals surface area contributed by atoms with Crippen LogP contribution in [0.2, 0.25) is 0 Å². The van der Waals surface area contributed by atoms with Crippen LogP contribution in [0.5, 0.6) is 0 Å². The number of carbonyl (C=O) groups excluding carboxylic acids is 1. The molecule has 0 aliphatic heterocycles. The molecule has 25 heavy (non-hydrogen) atoms. The summed E-state index contributed by atoms with van der Waals surface area (Å²) in [6.45, 7) is 0.611. The Morgan fingerprint density at radius 3 is 2.56 bits per heavy atom. The molecule has 1 amide bonds. The van der Waals surface area contributed by atoms with E-state index < -0.39 is 0 Å². The Labute approximate surface area is 148 Å². The fourth-order valence-electron chi connectivity index (χ4n) is 3.03. The van der Waals surface area contributed by atoms with Crippen LogP contribution in [0.1, 0.15) is 22.6 Å². The summed E-state index contributed by atoms with van der Waals surface area (Å²) in [6, 6.07) is 18.5. The highest BCUT2D eigenvalue weighted by Gasteiger charge is 2.15. The lowest BCUT2D eigenvalue weighted by atomic mass is 10.0. The minimum atomic E-state index is -0.131. The molecule has 0 bridgehead atoms. The van der Waals surface area contributed by atoms with E-state index in [0.29, 0.717) is 18.4 Å². The normalized spacial score (nSPS) is 12.2. The first-order valence-corrected chi connectivity index (χ1v) is 8.60. The largest absolute Gasteiger partial charge is 0.349 e. The van der Waals surface area contributed by atoms with Gasteiger partial charge in [0.05, 0.1) is 11.0 Å². The van der Waals surface area contributed by atoms with Crippen LogP contribution in [0.4, 0.5) is 0 Å². The molecular weight excluding hydrogens is 312 g/mol. The fraction of sp³-hybridized carbons (Fsp3) is 0.300. The quantitative estimate of drug-likeness (QED) is 0.697. The number of aromatic nitrogens is 2. The number of likely N-dealkylation sites (N-methyl/N-ethyl adjacent to an activating group) is 1. The van der Waals surface area contributed by atoms with Crippen LogP contribution in [-0.2, 0) is 13.5 Å². The van der Waals surface area contributed by atoms with Crippen LogP contribution in [0.3, 0.4) is 0 Å². The number of fused-ring (bicyclic) bond motifs is 1. The number of nitrogens with zero attached hydrogens (tertiary/aromatic N) is 2. The van der Waals surface area contributed by atoms with E-state index in [4.69, 9.17) is 0 Å². The third-order valence-corrected chi connectivity index (χ3v) is 4.50. The minimum Gasteiger partial charge on any atom is -0.349 e. The van der Waals surface area contributed by atoms with Gasteiger partial charge in [0.1, 0.15) is 0 Å². The van der Waals surface area contributed by atoms with Gasteiger partial charge in [0.25, 0.3) is 5.91 Å². The molecule has 2 N–H and O–H groups in total. The molecule has 0 aliphatic rings. The number of amides is 1. The van der Waals surface area contributed by atoms with Gasteiger partial charge in [-0.05, 0) is 37.6 Å². The second kappa shape index (κ2) is 7.94. The van der Waals surface area contributed by atoms with Gasteiger partial charge in [-0.1, -0.05) is 42.5 Å². The maximum absolute atomic E-state index is 12.4. The molecule has 0 unspecified atom stereocenters. The minimum absolute atomic E-state index is 0.131. The first kappa shape index (κ1) is 17.2. The number of rotatable bonds is 7. The summed E-state index contributed by atoms with van der Waals surface area (Å²) in [5.41, 5.74) is 3.10. The van der Waals surface area contributed by atoms with Gasteiger partial charge < -0.3 is 15.2 Å². The molecule has 0 saturated heterocycles. The Kier molecular flexibility index (Phi) is 5.46. The molecule has 130 valence electrons. The van der Waals surface area contributed by atoms with Crippen molar-refractivity contribution in [3.63, 3.8) is 0 Å². The number of para-hydroxylation sites is 2. The fourth-order valence-corrected chi connectivity index (χ4v) is 3.03. The van der Waals surface area contributed by atoms with Crippen LogP contribution < -0.4 is 10.6 Å². The van der Waals surface area contributed by atoms with Gasteiger partial charge in [-0.25, -0.2) is 4.98 Å². The zero-order valence-electron chi connectivity index (χ0n) is 14.7. The summed E-state index contributed by atoms with van der Waals surface area (Å²) in [6.07, 6.45) is 1.81. The highest BCUT2D eigenvalue weighted by Crippen LogP contribution is 2.14. The molecule has 0 aliphatic carbocycles. The summed E-state index contributed by atoms with van der Waals surface area (Å²) in [5.74, 6) is 0.318. The standard InChI is InChI=1S/C20H24N4O/c1-21-16(14-15-8-4-3-5-9-15)12-13-22-20(25)19-23-17-10-6-7-11-18(17)24(19)2/h3-11,16,21H,12-14H2,1-2H3,(H,22,25)/t16-/m1/s1. The van der Waals surface area contributed by atoms with Crippen LogP contribution in [0, 0.1) is 0 Å². The first-order chi connectivity index (χ1) is 12.2. The van der Waals surface area contributed by atoms with E-state index in [1.165, 1.54) is 5.56 Å². The van der Waals surface area contributed by atoms with E-state index in [9.17, 15) is 4.79 Å². The highest BCUT2D eigenvalue weighted by molar-refractivity contribution is 5.94. The summed E-state index contributed by atoms with van der Waals surface area (Å²) in [4.78, 5) is 16.9. The molecule has 1 heterocycles. The molecular formula is C20H24N4O. The van der Waals surface area contributed by atoms with Crippen molar-refractivity contribution in [2.75, 3.05) is 13.6 Å². The topological polar surface area (TPSA) is 58.9 Å². The Bertz CT molecular complexity index is 841. The monoisotopic (exact) mass is 336 g/mol. The smallest absolute Gasteiger partial charge is 0.287 e. The maximum atomic E-state index is 12.4. The van der Waals surface area contributed by atoms with E-state index in [1.807, 2.05) is 49.0 Å². The van der Waals surface area contributed by atoms with Gasteiger partial charge in [-0.15, -0.1) is 0 Å². The SMILES string of the molecule is CN[C@H](CCNC(=O)c1nc2ccccc2n1C)Cc1ccccc1. The molecule has 1 aromatic heterocycles. The molecule has 3 rings (SSSR count). The number of hydrogen-bond acceptors (Lipinski definition) is 3. The average Bonchev–Trinajstić information content (AvgIpc) is 2.99. The van der Waals surface area contributed by atoms with Gasteiger partial charge >= 0.3 is 0 Å². The first-order valence-electron chi connectivity index (χ1n) is 8.60. The number of aryl methyl sites for hydroxylation is 1. The third kappa shape index (κ3) is 4.06. The predicted octanol–water partition coefficient (Wildman–Crippen LogP) is 2.52. The van der Waals surface area contributed by atoms with Crippen molar-refractivity contribution in [1.29, 1.82) is 0 Å². The Morgan fingerprint density at radius 2 is 1.84 bits per heavy atom. The zero-order valence-corrected chi connectivity index (χ0v) is 14.7. The van der Waals surface area contributed by atoms with Crippen molar-refractivity contribution in [2.24, 2.45) is 7.05 Å². The van der Waals surface area contributed by atoms with Crippen molar-refractivity contribution in [1.82, 2.24) is 20.2 Å². The third-order valence-electron chi connectivity index (χ3n) is 4.50. The Morgan fingerprint density at radius 1 is 1.12 bits per heavy atom. The lowest BCUT2D eigenvalue weighted by molar-refractivity contribution is 0.0939. The van der Waals surface area contributed by atoms with Gasteiger partial charge in [0.2, 0.25) is 0 Å². The van der Waals surface area contributed by atoms with Gasteiger partial charge in [0.15, 0.2) is 5.82 Å². The van der Waals surface area contributed by atoms with Crippen molar-refractivity contribution in [3.8, 4) is 0 Å². The molecule has 0 saturated carbocycles. The zero-order chi connectivity index (χ0) is 17.6. The second-order valence-corrected chi connectivity index (χ2v) is 6.20. The number of nitrogens with one attached hydrogen (secondary N) is 2. The highest BCUT2D eigenvalue weighted by atomic mass is 16.2. The Hall–Kier alpha value is -2.66.